The molecule has 5 heteroatoms. The fraction of sp³-hybridized carbons (Fsp3) is 0.185. The molecule has 2 unspecified atom stereocenters. The molecule has 0 bridgehead atoms. The molecule has 6 rings (SSSR count). The summed E-state index contributed by atoms with van der Waals surface area (Å²) >= 11 is 0. The molecule has 1 aliphatic heterocycles. The van der Waals surface area contributed by atoms with Gasteiger partial charge in [0.25, 0.3) is 0 Å². The predicted octanol–water partition coefficient (Wildman–Crippen LogP) is 5.23. The van der Waals surface area contributed by atoms with Crippen molar-refractivity contribution in [3.05, 3.63) is 102 Å². The van der Waals surface area contributed by atoms with Crippen molar-refractivity contribution >= 4 is 11.0 Å². The van der Waals surface area contributed by atoms with Gasteiger partial charge < -0.3 is 10.3 Å². The maximum atomic E-state index is 4.61. The summed E-state index contributed by atoms with van der Waals surface area (Å²) < 4.78 is 2.21. The molecule has 0 saturated heterocycles. The Morgan fingerprint density at radius 1 is 1.00 bits per heavy atom. The highest BCUT2D eigenvalue weighted by molar-refractivity contribution is 5.77. The van der Waals surface area contributed by atoms with Crippen LogP contribution in [0.4, 0.5) is 0 Å². The molecular weight excluding hydrogens is 394 g/mol. The number of H-pyrrole nitrogens is 1. The minimum Gasteiger partial charge on any atom is -0.345 e. The third-order valence-electron chi connectivity index (χ3n) is 6.43. The van der Waals surface area contributed by atoms with Crippen molar-refractivity contribution in [2.75, 3.05) is 0 Å². The number of para-hydroxylation sites is 3. The molecule has 0 aliphatic carbocycles. The molecular formula is C27H25N5. The monoisotopic (exact) mass is 419 g/mol. The standard InChI is InChI=1S/C27H25N5/c1-18-14-19-10-11-21(27-28-12-13-29-27)15-22(19)24(31-18)16-20-6-2-4-8-25(20)32-17-30-23-7-3-5-9-26(23)32/h2-13,15,17-18,24,31H,14,16H2,1H3,(H,28,29). The van der Waals surface area contributed by atoms with E-state index in [1.807, 2.05) is 18.6 Å². The first kappa shape index (κ1) is 19.0. The highest BCUT2D eigenvalue weighted by Crippen LogP contribution is 2.33. The lowest BCUT2D eigenvalue weighted by Crippen LogP contribution is -2.38. The summed E-state index contributed by atoms with van der Waals surface area (Å²) in [6.45, 7) is 2.27. The van der Waals surface area contributed by atoms with Gasteiger partial charge in [-0.05, 0) is 60.7 Å². The second kappa shape index (κ2) is 7.77. The quantitative estimate of drug-likeness (QED) is 0.419. The number of hydrogen-bond acceptors (Lipinski definition) is 3. The highest BCUT2D eigenvalue weighted by atomic mass is 15.1. The SMILES string of the molecule is CC1Cc2ccc(-c3ncc[nH]3)cc2C(Cc2ccccc2-n2cnc3ccccc32)N1. The average molecular weight is 420 g/mol. The fourth-order valence-corrected chi connectivity index (χ4v) is 4.96. The number of fused-ring (bicyclic) bond motifs is 2. The molecule has 158 valence electrons. The van der Waals surface area contributed by atoms with Crippen molar-refractivity contribution in [1.29, 1.82) is 0 Å². The van der Waals surface area contributed by atoms with Gasteiger partial charge in [0.1, 0.15) is 12.2 Å². The van der Waals surface area contributed by atoms with Crippen LogP contribution in [0.1, 0.15) is 29.7 Å². The molecule has 0 amide bonds. The normalized spacial score (nSPS) is 18.0. The molecule has 2 N–H and O–H groups in total. The Morgan fingerprint density at radius 2 is 1.88 bits per heavy atom. The number of aromatic nitrogens is 4. The minimum atomic E-state index is 0.236. The van der Waals surface area contributed by atoms with Crippen LogP contribution in [0.2, 0.25) is 0 Å². The second-order valence-electron chi connectivity index (χ2n) is 8.61. The van der Waals surface area contributed by atoms with Crippen LogP contribution in [0.15, 0.2) is 85.5 Å². The number of benzene rings is 3. The Labute approximate surface area is 187 Å². The summed E-state index contributed by atoms with van der Waals surface area (Å²) in [4.78, 5) is 12.3. The van der Waals surface area contributed by atoms with Gasteiger partial charge in [0.2, 0.25) is 0 Å². The van der Waals surface area contributed by atoms with Crippen molar-refractivity contribution in [1.82, 2.24) is 24.8 Å². The first-order valence-electron chi connectivity index (χ1n) is 11.2. The maximum Gasteiger partial charge on any atom is 0.137 e. The van der Waals surface area contributed by atoms with Gasteiger partial charge in [0, 0.05) is 30.0 Å². The van der Waals surface area contributed by atoms with Crippen LogP contribution in [0, 0.1) is 0 Å². The molecule has 0 saturated carbocycles. The zero-order valence-electron chi connectivity index (χ0n) is 18.0. The molecule has 0 spiro atoms. The van der Waals surface area contributed by atoms with Gasteiger partial charge in [-0.15, -0.1) is 0 Å². The average Bonchev–Trinajstić information content (AvgIpc) is 3.50. The lowest BCUT2D eigenvalue weighted by atomic mass is 9.86. The molecule has 2 aromatic heterocycles. The van der Waals surface area contributed by atoms with Gasteiger partial charge >= 0.3 is 0 Å². The van der Waals surface area contributed by atoms with Gasteiger partial charge in [0.15, 0.2) is 0 Å². The van der Waals surface area contributed by atoms with Crippen LogP contribution >= 0.6 is 0 Å². The summed E-state index contributed by atoms with van der Waals surface area (Å²) in [5, 5.41) is 3.85. The topological polar surface area (TPSA) is 58.5 Å². The van der Waals surface area contributed by atoms with E-state index in [0.717, 1.165) is 35.3 Å². The Balaban J connectivity index is 1.41. The molecule has 5 aromatic rings. The molecule has 0 radical (unpaired) electrons. The number of nitrogens with one attached hydrogen (secondary N) is 2. The smallest absolute Gasteiger partial charge is 0.137 e. The zero-order valence-corrected chi connectivity index (χ0v) is 18.0. The van der Waals surface area contributed by atoms with E-state index in [1.54, 1.807) is 6.20 Å². The minimum absolute atomic E-state index is 0.236. The number of hydrogen-bond donors (Lipinski definition) is 2. The van der Waals surface area contributed by atoms with E-state index in [2.05, 4.69) is 92.4 Å². The first-order valence-corrected chi connectivity index (χ1v) is 11.2. The summed E-state index contributed by atoms with van der Waals surface area (Å²) in [6, 6.07) is 24.4. The number of aromatic amines is 1. The van der Waals surface area contributed by atoms with Crippen LogP contribution < -0.4 is 5.32 Å². The first-order chi connectivity index (χ1) is 15.8. The van der Waals surface area contributed by atoms with E-state index in [1.165, 1.54) is 22.4 Å². The molecule has 2 atom stereocenters. The highest BCUT2D eigenvalue weighted by Gasteiger charge is 2.25. The van der Waals surface area contributed by atoms with E-state index in [-0.39, 0.29) is 6.04 Å². The van der Waals surface area contributed by atoms with Crippen molar-refractivity contribution in [3.8, 4) is 17.1 Å². The van der Waals surface area contributed by atoms with Gasteiger partial charge in [-0.2, -0.15) is 0 Å². The lowest BCUT2D eigenvalue weighted by Gasteiger charge is -2.32. The third kappa shape index (κ3) is 3.31. The number of imidazole rings is 2. The zero-order chi connectivity index (χ0) is 21.5. The van der Waals surface area contributed by atoms with Crippen LogP contribution in [0.5, 0.6) is 0 Å². The van der Waals surface area contributed by atoms with E-state index in [4.69, 9.17) is 0 Å². The Kier molecular flexibility index (Phi) is 4.62. The largest absolute Gasteiger partial charge is 0.345 e. The van der Waals surface area contributed by atoms with Crippen LogP contribution in [0.25, 0.3) is 28.1 Å². The van der Waals surface area contributed by atoms with E-state index in [0.29, 0.717) is 6.04 Å². The Hall–Kier alpha value is -3.70. The van der Waals surface area contributed by atoms with Crippen LogP contribution in [0.3, 0.4) is 0 Å². The van der Waals surface area contributed by atoms with E-state index in [9.17, 15) is 0 Å². The Bertz CT molecular complexity index is 1380. The third-order valence-corrected chi connectivity index (χ3v) is 6.43. The van der Waals surface area contributed by atoms with Crippen molar-refractivity contribution < 1.29 is 0 Å². The summed E-state index contributed by atoms with van der Waals surface area (Å²) in [5.41, 5.74) is 8.54. The van der Waals surface area contributed by atoms with E-state index < -0.39 is 0 Å². The fourth-order valence-electron chi connectivity index (χ4n) is 4.96. The second-order valence-corrected chi connectivity index (χ2v) is 8.61. The van der Waals surface area contributed by atoms with Crippen LogP contribution in [-0.4, -0.2) is 25.6 Å². The summed E-state index contributed by atoms with van der Waals surface area (Å²) in [5.74, 6) is 0.912. The van der Waals surface area contributed by atoms with Crippen molar-refractivity contribution in [2.45, 2.75) is 31.8 Å². The lowest BCUT2D eigenvalue weighted by molar-refractivity contribution is 0.421. The molecule has 5 nitrogen and oxygen atoms in total. The van der Waals surface area contributed by atoms with Gasteiger partial charge in [0.05, 0.1) is 16.7 Å². The predicted molar refractivity (Wildman–Crippen MR) is 128 cm³/mol. The van der Waals surface area contributed by atoms with Gasteiger partial charge in [-0.1, -0.05) is 42.5 Å². The van der Waals surface area contributed by atoms with Crippen LogP contribution in [-0.2, 0) is 12.8 Å². The number of nitrogens with zero attached hydrogens (tertiary/aromatic N) is 3. The summed E-state index contributed by atoms with van der Waals surface area (Å²) in [6.07, 6.45) is 7.56. The Morgan fingerprint density at radius 3 is 2.78 bits per heavy atom. The molecule has 3 heterocycles. The summed E-state index contributed by atoms with van der Waals surface area (Å²) in [7, 11) is 0. The molecule has 32 heavy (non-hydrogen) atoms. The molecule has 1 aliphatic rings. The van der Waals surface area contributed by atoms with Crippen molar-refractivity contribution in [3.63, 3.8) is 0 Å². The van der Waals surface area contributed by atoms with E-state index >= 15 is 0 Å². The number of rotatable bonds is 4. The molecule has 3 aromatic carbocycles. The maximum absolute atomic E-state index is 4.61. The molecule has 0 fully saturated rings. The van der Waals surface area contributed by atoms with Gasteiger partial charge in [-0.25, -0.2) is 9.97 Å². The van der Waals surface area contributed by atoms with Gasteiger partial charge in [-0.3, -0.25) is 4.57 Å². The van der Waals surface area contributed by atoms with Crippen molar-refractivity contribution in [2.24, 2.45) is 0 Å².